The standard InChI is InChI=1S/C11H14N2O4/c1-7-4-3-5-9(10(7)13(16)17)11(15)12-8(2)6-14/h3-5,8,14H,6H2,1-2H3,(H,12,15)/t8-/m1/s1. The van der Waals surface area contributed by atoms with Crippen LogP contribution in [0.2, 0.25) is 0 Å². The van der Waals surface area contributed by atoms with Crippen LogP contribution in [0.4, 0.5) is 5.69 Å². The van der Waals surface area contributed by atoms with E-state index in [-0.39, 0.29) is 17.9 Å². The maximum absolute atomic E-state index is 11.8. The van der Waals surface area contributed by atoms with E-state index < -0.39 is 16.9 Å². The number of hydrogen-bond donors (Lipinski definition) is 2. The van der Waals surface area contributed by atoms with Crippen molar-refractivity contribution in [2.75, 3.05) is 6.61 Å². The summed E-state index contributed by atoms with van der Waals surface area (Å²) in [5.41, 5.74) is 0.241. The summed E-state index contributed by atoms with van der Waals surface area (Å²) >= 11 is 0. The molecule has 0 spiro atoms. The molecule has 0 aliphatic heterocycles. The molecular weight excluding hydrogens is 224 g/mol. The van der Waals surface area contributed by atoms with Gasteiger partial charge in [-0.3, -0.25) is 14.9 Å². The lowest BCUT2D eigenvalue weighted by molar-refractivity contribution is -0.385. The molecular formula is C11H14N2O4. The van der Waals surface area contributed by atoms with Crippen molar-refractivity contribution in [1.82, 2.24) is 5.32 Å². The molecule has 0 aliphatic rings. The number of aliphatic hydroxyl groups is 1. The number of para-hydroxylation sites is 1. The Hall–Kier alpha value is -1.95. The van der Waals surface area contributed by atoms with E-state index in [2.05, 4.69) is 5.32 Å². The average molecular weight is 238 g/mol. The van der Waals surface area contributed by atoms with E-state index in [0.717, 1.165) is 0 Å². The summed E-state index contributed by atoms with van der Waals surface area (Å²) in [5.74, 6) is -0.554. The molecule has 0 heterocycles. The van der Waals surface area contributed by atoms with E-state index in [1.54, 1.807) is 26.0 Å². The maximum atomic E-state index is 11.8. The van der Waals surface area contributed by atoms with Gasteiger partial charge in [0.05, 0.1) is 11.5 Å². The minimum Gasteiger partial charge on any atom is -0.394 e. The van der Waals surface area contributed by atoms with Gasteiger partial charge in [0.2, 0.25) is 0 Å². The van der Waals surface area contributed by atoms with Gasteiger partial charge in [-0.05, 0) is 19.9 Å². The van der Waals surface area contributed by atoms with Crippen molar-refractivity contribution in [2.24, 2.45) is 0 Å². The predicted molar refractivity (Wildman–Crippen MR) is 61.8 cm³/mol. The van der Waals surface area contributed by atoms with Crippen LogP contribution in [-0.2, 0) is 0 Å². The van der Waals surface area contributed by atoms with E-state index in [9.17, 15) is 14.9 Å². The van der Waals surface area contributed by atoms with E-state index in [1.165, 1.54) is 6.07 Å². The van der Waals surface area contributed by atoms with Crippen LogP contribution in [0.15, 0.2) is 18.2 Å². The Morgan fingerprint density at radius 2 is 2.24 bits per heavy atom. The summed E-state index contributed by atoms with van der Waals surface area (Å²) in [5, 5.41) is 22.2. The lowest BCUT2D eigenvalue weighted by Crippen LogP contribution is -2.35. The zero-order valence-electron chi connectivity index (χ0n) is 9.64. The van der Waals surface area contributed by atoms with E-state index in [4.69, 9.17) is 5.11 Å². The smallest absolute Gasteiger partial charge is 0.285 e. The second kappa shape index (κ2) is 5.40. The largest absolute Gasteiger partial charge is 0.394 e. The van der Waals surface area contributed by atoms with Crippen LogP contribution in [0, 0.1) is 17.0 Å². The molecule has 2 N–H and O–H groups in total. The van der Waals surface area contributed by atoms with Crippen LogP contribution < -0.4 is 5.32 Å². The monoisotopic (exact) mass is 238 g/mol. The number of aryl methyl sites for hydroxylation is 1. The van der Waals surface area contributed by atoms with Gasteiger partial charge in [0.15, 0.2) is 0 Å². The fourth-order valence-corrected chi connectivity index (χ4v) is 1.43. The van der Waals surface area contributed by atoms with Crippen molar-refractivity contribution in [2.45, 2.75) is 19.9 Å². The Labute approximate surface area is 98.4 Å². The molecule has 0 aliphatic carbocycles. The molecule has 1 aromatic rings. The molecule has 0 bridgehead atoms. The molecule has 6 heteroatoms. The lowest BCUT2D eigenvalue weighted by atomic mass is 10.1. The van der Waals surface area contributed by atoms with Crippen LogP contribution >= 0.6 is 0 Å². The molecule has 0 unspecified atom stereocenters. The fraction of sp³-hybridized carbons (Fsp3) is 0.364. The highest BCUT2D eigenvalue weighted by molar-refractivity contribution is 5.98. The van der Waals surface area contributed by atoms with Crippen LogP contribution in [0.25, 0.3) is 0 Å². The van der Waals surface area contributed by atoms with Gasteiger partial charge in [-0.2, -0.15) is 0 Å². The zero-order valence-corrected chi connectivity index (χ0v) is 9.64. The van der Waals surface area contributed by atoms with Gasteiger partial charge in [-0.15, -0.1) is 0 Å². The molecule has 0 fully saturated rings. The predicted octanol–water partition coefficient (Wildman–Crippen LogP) is 1.01. The van der Waals surface area contributed by atoms with E-state index >= 15 is 0 Å². The Morgan fingerprint density at radius 1 is 1.59 bits per heavy atom. The number of nitrogens with one attached hydrogen (secondary N) is 1. The van der Waals surface area contributed by atoms with Gasteiger partial charge >= 0.3 is 0 Å². The van der Waals surface area contributed by atoms with E-state index in [1.807, 2.05) is 0 Å². The highest BCUT2D eigenvalue weighted by Crippen LogP contribution is 2.22. The summed E-state index contributed by atoms with van der Waals surface area (Å²) in [6, 6.07) is 4.11. The van der Waals surface area contributed by atoms with Crippen LogP contribution in [0.3, 0.4) is 0 Å². The van der Waals surface area contributed by atoms with Gasteiger partial charge in [-0.25, -0.2) is 0 Å². The highest BCUT2D eigenvalue weighted by Gasteiger charge is 2.22. The number of aliphatic hydroxyl groups excluding tert-OH is 1. The molecule has 1 atom stereocenters. The zero-order chi connectivity index (χ0) is 13.0. The molecule has 17 heavy (non-hydrogen) atoms. The minimum atomic E-state index is -0.576. The van der Waals surface area contributed by atoms with Crippen molar-refractivity contribution in [3.8, 4) is 0 Å². The number of nitro groups is 1. The van der Waals surface area contributed by atoms with Crippen molar-refractivity contribution in [3.63, 3.8) is 0 Å². The molecule has 6 nitrogen and oxygen atoms in total. The molecule has 1 rings (SSSR count). The second-order valence-corrected chi connectivity index (χ2v) is 3.79. The Bertz CT molecular complexity index is 445. The molecule has 0 radical (unpaired) electrons. The average Bonchev–Trinajstić information content (AvgIpc) is 2.27. The van der Waals surface area contributed by atoms with Crippen molar-refractivity contribution < 1.29 is 14.8 Å². The quantitative estimate of drug-likeness (QED) is 0.605. The minimum absolute atomic E-state index is 0.00954. The first kappa shape index (κ1) is 13.1. The SMILES string of the molecule is Cc1cccc(C(=O)N[C@H](C)CO)c1[N+](=O)[O-]. The number of nitro benzene ring substituents is 1. The first-order chi connectivity index (χ1) is 7.97. The van der Waals surface area contributed by atoms with E-state index in [0.29, 0.717) is 5.56 Å². The van der Waals surface area contributed by atoms with Gasteiger partial charge < -0.3 is 10.4 Å². The lowest BCUT2D eigenvalue weighted by Gasteiger charge is -2.11. The number of carbonyl (C=O) groups is 1. The second-order valence-electron chi connectivity index (χ2n) is 3.79. The maximum Gasteiger partial charge on any atom is 0.285 e. The first-order valence-corrected chi connectivity index (χ1v) is 5.13. The highest BCUT2D eigenvalue weighted by atomic mass is 16.6. The normalized spacial score (nSPS) is 11.9. The van der Waals surface area contributed by atoms with Gasteiger partial charge in [0.1, 0.15) is 5.56 Å². The summed E-state index contributed by atoms with van der Waals surface area (Å²) in [7, 11) is 0. The summed E-state index contributed by atoms with van der Waals surface area (Å²) in [6.45, 7) is 2.97. The van der Waals surface area contributed by atoms with Crippen molar-refractivity contribution in [3.05, 3.63) is 39.4 Å². The number of carbonyl (C=O) groups excluding carboxylic acids is 1. The van der Waals surface area contributed by atoms with Crippen molar-refractivity contribution >= 4 is 11.6 Å². The van der Waals surface area contributed by atoms with Crippen molar-refractivity contribution in [1.29, 1.82) is 0 Å². The summed E-state index contributed by atoms with van der Waals surface area (Å²) < 4.78 is 0. The van der Waals surface area contributed by atoms with Crippen LogP contribution in [-0.4, -0.2) is 28.6 Å². The molecule has 0 saturated carbocycles. The number of amides is 1. The fourth-order valence-electron chi connectivity index (χ4n) is 1.43. The van der Waals surface area contributed by atoms with Gasteiger partial charge in [0.25, 0.3) is 11.6 Å². The third-order valence-corrected chi connectivity index (χ3v) is 2.32. The Morgan fingerprint density at radius 3 is 2.76 bits per heavy atom. The third kappa shape index (κ3) is 3.01. The number of rotatable bonds is 4. The number of benzene rings is 1. The van der Waals surface area contributed by atoms with Gasteiger partial charge in [0, 0.05) is 11.6 Å². The first-order valence-electron chi connectivity index (χ1n) is 5.13. The van der Waals surface area contributed by atoms with Crippen LogP contribution in [0.5, 0.6) is 0 Å². The molecule has 1 aromatic carbocycles. The van der Waals surface area contributed by atoms with Gasteiger partial charge in [-0.1, -0.05) is 12.1 Å². The third-order valence-electron chi connectivity index (χ3n) is 2.32. The molecule has 0 aromatic heterocycles. The molecule has 1 amide bonds. The molecule has 92 valence electrons. The number of hydrogen-bond acceptors (Lipinski definition) is 4. The molecule has 0 saturated heterocycles. The number of nitrogens with zero attached hydrogens (tertiary/aromatic N) is 1. The van der Waals surface area contributed by atoms with Crippen LogP contribution in [0.1, 0.15) is 22.8 Å². The summed E-state index contributed by atoms with van der Waals surface area (Å²) in [6.07, 6.45) is 0. The topological polar surface area (TPSA) is 92.5 Å². The Balaban J connectivity index is 3.09. The Kier molecular flexibility index (Phi) is 4.17. The summed E-state index contributed by atoms with van der Waals surface area (Å²) in [4.78, 5) is 22.1.